The zero-order valence-corrected chi connectivity index (χ0v) is 11.8. The SMILES string of the molecule is CCCCCC(C)Nc1cc([N+](=O)[O-])ccc1C(=O)O. The van der Waals surface area contributed by atoms with Gasteiger partial charge in [0.15, 0.2) is 0 Å². The van der Waals surface area contributed by atoms with Crippen molar-refractivity contribution in [3.05, 3.63) is 33.9 Å². The number of anilines is 1. The maximum Gasteiger partial charge on any atom is 0.337 e. The Morgan fingerprint density at radius 2 is 2.15 bits per heavy atom. The number of non-ortho nitro benzene ring substituents is 1. The Morgan fingerprint density at radius 3 is 2.70 bits per heavy atom. The lowest BCUT2D eigenvalue weighted by atomic mass is 10.1. The number of rotatable bonds is 8. The summed E-state index contributed by atoms with van der Waals surface area (Å²) in [6, 6.07) is 3.82. The van der Waals surface area contributed by atoms with Gasteiger partial charge < -0.3 is 10.4 Å². The van der Waals surface area contributed by atoms with E-state index in [1.165, 1.54) is 18.2 Å². The minimum Gasteiger partial charge on any atom is -0.478 e. The zero-order chi connectivity index (χ0) is 15.1. The molecule has 1 unspecified atom stereocenters. The first kappa shape index (κ1) is 15.9. The van der Waals surface area contributed by atoms with Crippen LogP contribution in [0.3, 0.4) is 0 Å². The second kappa shape index (κ2) is 7.47. The Bertz CT molecular complexity index is 488. The summed E-state index contributed by atoms with van der Waals surface area (Å²) in [5, 5.41) is 22.9. The third-order valence-electron chi connectivity index (χ3n) is 3.09. The average Bonchev–Trinajstić information content (AvgIpc) is 2.38. The highest BCUT2D eigenvalue weighted by Crippen LogP contribution is 2.24. The van der Waals surface area contributed by atoms with E-state index in [1.54, 1.807) is 0 Å². The summed E-state index contributed by atoms with van der Waals surface area (Å²) in [6.07, 6.45) is 4.17. The normalized spacial score (nSPS) is 11.9. The molecule has 6 nitrogen and oxygen atoms in total. The van der Waals surface area contributed by atoms with Crippen molar-refractivity contribution in [2.75, 3.05) is 5.32 Å². The number of nitro benzene ring substituents is 1. The number of benzene rings is 1. The van der Waals surface area contributed by atoms with Gasteiger partial charge in [-0.3, -0.25) is 10.1 Å². The number of nitro groups is 1. The Balaban J connectivity index is 2.87. The molecule has 0 radical (unpaired) electrons. The van der Waals surface area contributed by atoms with Gasteiger partial charge in [0.25, 0.3) is 5.69 Å². The van der Waals surface area contributed by atoms with Crippen LogP contribution in [0.5, 0.6) is 0 Å². The molecular weight excluding hydrogens is 260 g/mol. The molecule has 0 spiro atoms. The number of carboxylic acids is 1. The first-order chi connectivity index (χ1) is 9.45. The van der Waals surface area contributed by atoms with Crippen LogP contribution in [0.4, 0.5) is 11.4 Å². The standard InChI is InChI=1S/C14H20N2O4/c1-3-4-5-6-10(2)15-13-9-11(16(19)20)7-8-12(13)14(17)18/h7-10,15H,3-6H2,1-2H3,(H,17,18). The fourth-order valence-electron chi connectivity index (χ4n) is 1.99. The molecule has 0 saturated carbocycles. The van der Waals surface area contributed by atoms with Crippen LogP contribution in [0.25, 0.3) is 0 Å². The molecule has 6 heteroatoms. The van der Waals surface area contributed by atoms with Gasteiger partial charge in [-0.15, -0.1) is 0 Å². The summed E-state index contributed by atoms with van der Waals surface area (Å²) in [5.41, 5.74) is 0.242. The number of hydrogen-bond acceptors (Lipinski definition) is 4. The van der Waals surface area contributed by atoms with Crippen molar-refractivity contribution in [1.29, 1.82) is 0 Å². The van der Waals surface area contributed by atoms with E-state index < -0.39 is 10.9 Å². The van der Waals surface area contributed by atoms with Gasteiger partial charge >= 0.3 is 5.97 Å². The number of aromatic carboxylic acids is 1. The Morgan fingerprint density at radius 1 is 1.45 bits per heavy atom. The maximum atomic E-state index is 11.1. The predicted molar refractivity (Wildman–Crippen MR) is 77.3 cm³/mol. The first-order valence-corrected chi connectivity index (χ1v) is 6.74. The van der Waals surface area contributed by atoms with Gasteiger partial charge in [-0.05, 0) is 19.4 Å². The highest BCUT2D eigenvalue weighted by atomic mass is 16.6. The number of carboxylic acid groups (broad SMARTS) is 1. The van der Waals surface area contributed by atoms with Gasteiger partial charge in [0, 0.05) is 18.2 Å². The van der Waals surface area contributed by atoms with E-state index in [0.717, 1.165) is 25.7 Å². The third-order valence-corrected chi connectivity index (χ3v) is 3.09. The molecule has 2 N–H and O–H groups in total. The van der Waals surface area contributed by atoms with Crippen molar-refractivity contribution < 1.29 is 14.8 Å². The lowest BCUT2D eigenvalue weighted by molar-refractivity contribution is -0.384. The molecule has 0 aliphatic rings. The third kappa shape index (κ3) is 4.53. The minimum atomic E-state index is -1.09. The molecular formula is C14H20N2O4. The van der Waals surface area contributed by atoms with Crippen molar-refractivity contribution in [3.8, 4) is 0 Å². The molecule has 20 heavy (non-hydrogen) atoms. The van der Waals surface area contributed by atoms with E-state index in [1.807, 2.05) is 6.92 Å². The first-order valence-electron chi connectivity index (χ1n) is 6.74. The molecule has 1 aromatic carbocycles. The quantitative estimate of drug-likeness (QED) is 0.430. The van der Waals surface area contributed by atoms with Crippen molar-refractivity contribution in [2.24, 2.45) is 0 Å². The van der Waals surface area contributed by atoms with Crippen LogP contribution in [0.2, 0.25) is 0 Å². The van der Waals surface area contributed by atoms with Crippen LogP contribution in [-0.2, 0) is 0 Å². The van der Waals surface area contributed by atoms with E-state index in [-0.39, 0.29) is 17.3 Å². The minimum absolute atomic E-state index is 0.0536. The Hall–Kier alpha value is -2.11. The van der Waals surface area contributed by atoms with E-state index in [0.29, 0.717) is 5.69 Å². The molecule has 0 aliphatic carbocycles. The molecule has 1 atom stereocenters. The topological polar surface area (TPSA) is 92.5 Å². The summed E-state index contributed by atoms with van der Waals surface area (Å²) in [5.74, 6) is -1.09. The van der Waals surface area contributed by atoms with Crippen LogP contribution < -0.4 is 5.32 Å². The highest BCUT2D eigenvalue weighted by Gasteiger charge is 2.16. The largest absolute Gasteiger partial charge is 0.478 e. The van der Waals surface area contributed by atoms with Gasteiger partial charge in [-0.1, -0.05) is 26.2 Å². The van der Waals surface area contributed by atoms with Crippen LogP contribution >= 0.6 is 0 Å². The van der Waals surface area contributed by atoms with Gasteiger partial charge in [-0.2, -0.15) is 0 Å². The molecule has 0 aromatic heterocycles. The maximum absolute atomic E-state index is 11.1. The molecule has 0 fully saturated rings. The summed E-state index contributed by atoms with van der Waals surface area (Å²) in [7, 11) is 0. The lowest BCUT2D eigenvalue weighted by Gasteiger charge is -2.16. The monoisotopic (exact) mass is 280 g/mol. The molecule has 0 amide bonds. The summed E-state index contributed by atoms with van der Waals surface area (Å²) >= 11 is 0. The fourth-order valence-corrected chi connectivity index (χ4v) is 1.99. The Kier molecular flexibility index (Phi) is 5.96. The Labute approximate surface area is 118 Å². The van der Waals surface area contributed by atoms with Crippen LogP contribution in [0.1, 0.15) is 49.9 Å². The van der Waals surface area contributed by atoms with Crippen LogP contribution in [0.15, 0.2) is 18.2 Å². The number of unbranched alkanes of at least 4 members (excludes halogenated alkanes) is 2. The second-order valence-corrected chi connectivity index (χ2v) is 4.83. The molecule has 0 bridgehead atoms. The second-order valence-electron chi connectivity index (χ2n) is 4.83. The van der Waals surface area contributed by atoms with Gasteiger partial charge in [-0.25, -0.2) is 4.79 Å². The van der Waals surface area contributed by atoms with E-state index in [2.05, 4.69) is 12.2 Å². The smallest absolute Gasteiger partial charge is 0.337 e. The molecule has 0 saturated heterocycles. The van der Waals surface area contributed by atoms with E-state index in [9.17, 15) is 14.9 Å². The highest BCUT2D eigenvalue weighted by molar-refractivity contribution is 5.94. The van der Waals surface area contributed by atoms with Crippen molar-refractivity contribution in [2.45, 2.75) is 45.6 Å². The fraction of sp³-hybridized carbons (Fsp3) is 0.500. The van der Waals surface area contributed by atoms with Gasteiger partial charge in [0.05, 0.1) is 16.2 Å². The zero-order valence-electron chi connectivity index (χ0n) is 11.8. The molecule has 1 rings (SSSR count). The molecule has 110 valence electrons. The van der Waals surface area contributed by atoms with Crippen molar-refractivity contribution in [3.63, 3.8) is 0 Å². The average molecular weight is 280 g/mol. The van der Waals surface area contributed by atoms with Crippen LogP contribution in [-0.4, -0.2) is 22.0 Å². The summed E-state index contributed by atoms with van der Waals surface area (Å²) in [6.45, 7) is 4.06. The molecule has 1 aromatic rings. The van der Waals surface area contributed by atoms with E-state index in [4.69, 9.17) is 5.11 Å². The predicted octanol–water partition coefficient (Wildman–Crippen LogP) is 3.67. The number of nitrogens with one attached hydrogen (secondary N) is 1. The number of hydrogen-bond donors (Lipinski definition) is 2. The van der Waals surface area contributed by atoms with Crippen molar-refractivity contribution >= 4 is 17.3 Å². The molecule has 0 heterocycles. The lowest BCUT2D eigenvalue weighted by Crippen LogP contribution is -2.17. The number of carbonyl (C=O) groups is 1. The summed E-state index contributed by atoms with van der Waals surface area (Å²) < 4.78 is 0. The van der Waals surface area contributed by atoms with Gasteiger partial charge in [0.2, 0.25) is 0 Å². The van der Waals surface area contributed by atoms with Crippen molar-refractivity contribution in [1.82, 2.24) is 0 Å². The van der Waals surface area contributed by atoms with Crippen LogP contribution in [0, 0.1) is 10.1 Å². The summed E-state index contributed by atoms with van der Waals surface area (Å²) in [4.78, 5) is 21.4. The molecule has 0 aliphatic heterocycles. The van der Waals surface area contributed by atoms with Gasteiger partial charge in [0.1, 0.15) is 0 Å². The number of nitrogens with zero attached hydrogens (tertiary/aromatic N) is 1. The van der Waals surface area contributed by atoms with E-state index >= 15 is 0 Å².